The molecule has 0 saturated carbocycles. The van der Waals surface area contributed by atoms with Gasteiger partial charge < -0.3 is 9.73 Å². The number of hydrogen-bond acceptors (Lipinski definition) is 5. The van der Waals surface area contributed by atoms with Crippen LogP contribution in [0, 0.1) is 0 Å². The molecule has 3 rings (SSSR count). The van der Waals surface area contributed by atoms with E-state index < -0.39 is 0 Å². The second-order valence-electron chi connectivity index (χ2n) is 4.62. The molecule has 6 nitrogen and oxygen atoms in total. The van der Waals surface area contributed by atoms with Gasteiger partial charge in [0.15, 0.2) is 0 Å². The van der Waals surface area contributed by atoms with E-state index in [9.17, 15) is 9.59 Å². The Morgan fingerprint density at radius 3 is 3.14 bits per heavy atom. The molecule has 108 valence electrons. The van der Waals surface area contributed by atoms with Gasteiger partial charge in [-0.3, -0.25) is 14.2 Å². The minimum absolute atomic E-state index is 0.0668. The van der Waals surface area contributed by atoms with Crippen molar-refractivity contribution in [2.24, 2.45) is 0 Å². The molecular formula is C14H13N3O3S. The third-order valence-corrected chi connectivity index (χ3v) is 3.93. The molecule has 1 amide bonds. The number of aromatic nitrogens is 2. The van der Waals surface area contributed by atoms with E-state index in [1.54, 1.807) is 24.5 Å². The molecule has 0 aliphatic rings. The smallest absolute Gasteiger partial charge is 0.262 e. The zero-order valence-electron chi connectivity index (χ0n) is 11.3. The van der Waals surface area contributed by atoms with Crippen LogP contribution in [0.1, 0.15) is 18.7 Å². The van der Waals surface area contributed by atoms with Gasteiger partial charge in [-0.05, 0) is 30.5 Å². The summed E-state index contributed by atoms with van der Waals surface area (Å²) in [4.78, 5) is 29.0. The summed E-state index contributed by atoms with van der Waals surface area (Å²) in [5, 5.41) is 5.13. The highest BCUT2D eigenvalue weighted by Gasteiger charge is 2.13. The van der Waals surface area contributed by atoms with Gasteiger partial charge in [-0.25, -0.2) is 4.98 Å². The molecule has 0 spiro atoms. The minimum Gasteiger partial charge on any atom is -0.467 e. The van der Waals surface area contributed by atoms with E-state index in [1.165, 1.54) is 22.2 Å². The molecule has 1 N–H and O–H groups in total. The van der Waals surface area contributed by atoms with Gasteiger partial charge in [-0.15, -0.1) is 11.3 Å². The average Bonchev–Trinajstić information content (AvgIpc) is 3.12. The maximum absolute atomic E-state index is 12.2. The van der Waals surface area contributed by atoms with Crippen molar-refractivity contribution in [1.82, 2.24) is 14.9 Å². The predicted molar refractivity (Wildman–Crippen MR) is 79.1 cm³/mol. The van der Waals surface area contributed by atoms with E-state index in [4.69, 9.17) is 4.42 Å². The Kier molecular flexibility index (Phi) is 3.57. The Balaban J connectivity index is 1.74. The molecule has 0 fully saturated rings. The molecule has 7 heteroatoms. The molecule has 0 aliphatic carbocycles. The lowest BCUT2D eigenvalue weighted by molar-refractivity contribution is -0.122. The van der Waals surface area contributed by atoms with Crippen LogP contribution in [0.4, 0.5) is 0 Å². The fourth-order valence-corrected chi connectivity index (χ4v) is 2.78. The lowest BCUT2D eigenvalue weighted by Gasteiger charge is -2.12. The number of fused-ring (bicyclic) bond motifs is 1. The van der Waals surface area contributed by atoms with Gasteiger partial charge in [-0.1, -0.05) is 0 Å². The molecule has 21 heavy (non-hydrogen) atoms. The Hall–Kier alpha value is -2.41. The Morgan fingerprint density at radius 2 is 2.38 bits per heavy atom. The number of nitrogens with one attached hydrogen (secondary N) is 1. The van der Waals surface area contributed by atoms with Gasteiger partial charge in [0.05, 0.1) is 24.0 Å². The van der Waals surface area contributed by atoms with Crippen LogP contribution in [0.15, 0.2) is 45.4 Å². The van der Waals surface area contributed by atoms with Crippen LogP contribution < -0.4 is 10.9 Å². The monoisotopic (exact) mass is 303 g/mol. The zero-order chi connectivity index (χ0) is 14.8. The van der Waals surface area contributed by atoms with Crippen LogP contribution in [-0.4, -0.2) is 15.5 Å². The second kappa shape index (κ2) is 5.53. The minimum atomic E-state index is -0.266. The highest BCUT2D eigenvalue weighted by Crippen LogP contribution is 2.14. The third-order valence-electron chi connectivity index (χ3n) is 3.11. The van der Waals surface area contributed by atoms with Gasteiger partial charge in [0, 0.05) is 0 Å². The Morgan fingerprint density at radius 1 is 1.52 bits per heavy atom. The first kappa shape index (κ1) is 13.6. The number of carbonyl (C=O) groups is 1. The van der Waals surface area contributed by atoms with Crippen molar-refractivity contribution in [3.05, 3.63) is 52.3 Å². The number of thiophene rings is 1. The fourth-order valence-electron chi connectivity index (χ4n) is 2.06. The lowest BCUT2D eigenvalue weighted by Crippen LogP contribution is -2.33. The number of rotatable bonds is 4. The summed E-state index contributed by atoms with van der Waals surface area (Å²) >= 11 is 1.40. The lowest BCUT2D eigenvalue weighted by atomic mass is 10.2. The van der Waals surface area contributed by atoms with E-state index >= 15 is 0 Å². The van der Waals surface area contributed by atoms with Crippen molar-refractivity contribution >= 4 is 27.5 Å². The van der Waals surface area contributed by atoms with Crippen LogP contribution in [-0.2, 0) is 11.3 Å². The van der Waals surface area contributed by atoms with Crippen molar-refractivity contribution in [2.45, 2.75) is 19.5 Å². The molecular weight excluding hydrogens is 290 g/mol. The van der Waals surface area contributed by atoms with Gasteiger partial charge in [0.25, 0.3) is 5.56 Å². The van der Waals surface area contributed by atoms with Crippen LogP contribution >= 0.6 is 11.3 Å². The molecule has 1 atom stereocenters. The number of hydrogen-bond donors (Lipinski definition) is 1. The number of carbonyl (C=O) groups excluding carboxylic acids is 1. The van der Waals surface area contributed by atoms with E-state index in [0.29, 0.717) is 16.0 Å². The summed E-state index contributed by atoms with van der Waals surface area (Å²) in [6.07, 6.45) is 2.95. The first-order chi connectivity index (χ1) is 10.1. The summed E-state index contributed by atoms with van der Waals surface area (Å²) in [6, 6.07) is 5.02. The van der Waals surface area contributed by atoms with Crippen molar-refractivity contribution in [1.29, 1.82) is 0 Å². The number of amides is 1. The largest absolute Gasteiger partial charge is 0.467 e. The molecule has 0 bridgehead atoms. The van der Waals surface area contributed by atoms with Crippen LogP contribution in [0.3, 0.4) is 0 Å². The highest BCUT2D eigenvalue weighted by atomic mass is 32.1. The Bertz CT molecular complexity index is 819. The van der Waals surface area contributed by atoms with Gasteiger partial charge in [0.1, 0.15) is 17.1 Å². The maximum Gasteiger partial charge on any atom is 0.262 e. The van der Waals surface area contributed by atoms with E-state index in [-0.39, 0.29) is 24.1 Å². The molecule has 3 aromatic heterocycles. The zero-order valence-corrected chi connectivity index (χ0v) is 12.1. The number of nitrogens with zero attached hydrogens (tertiary/aromatic N) is 2. The quantitative estimate of drug-likeness (QED) is 0.799. The van der Waals surface area contributed by atoms with Crippen LogP contribution in [0.25, 0.3) is 10.2 Å². The summed E-state index contributed by atoms with van der Waals surface area (Å²) in [7, 11) is 0. The normalized spacial score (nSPS) is 12.4. The molecule has 0 unspecified atom stereocenters. The standard InChI is InChI=1S/C14H13N3O3S/c1-9(11-3-2-5-20-11)16-12(18)7-17-8-15-13-10(14(17)19)4-6-21-13/h2-6,8-9H,7H2,1H3,(H,16,18)/t9-/m0/s1. The van der Waals surface area contributed by atoms with Crippen molar-refractivity contribution in [3.8, 4) is 0 Å². The molecule has 0 aliphatic heterocycles. The maximum atomic E-state index is 12.2. The van der Waals surface area contributed by atoms with E-state index in [2.05, 4.69) is 10.3 Å². The molecule has 3 heterocycles. The SMILES string of the molecule is C[C@H](NC(=O)Cn1cnc2sccc2c1=O)c1ccco1. The molecule has 3 aromatic rings. The molecule has 0 saturated heterocycles. The summed E-state index contributed by atoms with van der Waals surface area (Å²) in [6.45, 7) is 1.75. The van der Waals surface area contributed by atoms with Crippen molar-refractivity contribution in [2.75, 3.05) is 0 Å². The van der Waals surface area contributed by atoms with Crippen LogP contribution in [0.2, 0.25) is 0 Å². The van der Waals surface area contributed by atoms with E-state index in [0.717, 1.165) is 0 Å². The van der Waals surface area contributed by atoms with Gasteiger partial charge in [-0.2, -0.15) is 0 Å². The molecule has 0 radical (unpaired) electrons. The van der Waals surface area contributed by atoms with Crippen molar-refractivity contribution in [3.63, 3.8) is 0 Å². The third kappa shape index (κ3) is 2.73. The molecule has 0 aromatic carbocycles. The second-order valence-corrected chi connectivity index (χ2v) is 5.52. The summed E-state index contributed by atoms with van der Waals surface area (Å²) in [5.74, 6) is 0.402. The van der Waals surface area contributed by atoms with Gasteiger partial charge in [0.2, 0.25) is 5.91 Å². The summed E-state index contributed by atoms with van der Waals surface area (Å²) in [5.41, 5.74) is -0.206. The first-order valence-corrected chi connectivity index (χ1v) is 7.28. The first-order valence-electron chi connectivity index (χ1n) is 6.40. The predicted octanol–water partition coefficient (Wildman–Crippen LogP) is 1.93. The topological polar surface area (TPSA) is 77.1 Å². The highest BCUT2D eigenvalue weighted by molar-refractivity contribution is 7.16. The Labute approximate surface area is 124 Å². The fraction of sp³-hybridized carbons (Fsp3) is 0.214. The summed E-state index contributed by atoms with van der Waals surface area (Å²) < 4.78 is 6.53. The van der Waals surface area contributed by atoms with Gasteiger partial charge >= 0.3 is 0 Å². The van der Waals surface area contributed by atoms with E-state index in [1.807, 2.05) is 12.3 Å². The number of furan rings is 1. The van der Waals surface area contributed by atoms with Crippen molar-refractivity contribution < 1.29 is 9.21 Å². The van der Waals surface area contributed by atoms with Crippen LogP contribution in [0.5, 0.6) is 0 Å². The average molecular weight is 303 g/mol.